The molecule has 5 aromatic rings. The number of fused-ring (bicyclic) bond motifs is 4. The summed E-state index contributed by atoms with van der Waals surface area (Å²) in [5.74, 6) is -5.51. The Labute approximate surface area is 443 Å². The monoisotopic (exact) mass is 1050 g/mol. The van der Waals surface area contributed by atoms with Crippen molar-refractivity contribution in [3.8, 4) is 33.9 Å². The second-order valence-electron chi connectivity index (χ2n) is 19.0. The Balaban J connectivity index is 0.867. The molecule has 0 bridgehead atoms. The maximum atomic E-state index is 13.6. The number of phenols is 1. The highest BCUT2D eigenvalue weighted by molar-refractivity contribution is 6.10. The van der Waals surface area contributed by atoms with Crippen LogP contribution in [-0.4, -0.2) is 101 Å². The van der Waals surface area contributed by atoms with Crippen LogP contribution < -0.4 is 25.7 Å². The molecule has 10 rings (SSSR count). The molecule has 3 heterocycles. The van der Waals surface area contributed by atoms with Crippen LogP contribution in [0.2, 0.25) is 0 Å². The van der Waals surface area contributed by atoms with Crippen molar-refractivity contribution in [2.24, 2.45) is 0 Å². The number of carbonyl (C=O) groups is 7. The molecule has 0 aromatic heterocycles. The summed E-state index contributed by atoms with van der Waals surface area (Å²) in [5, 5.41) is 38.4. The van der Waals surface area contributed by atoms with Gasteiger partial charge in [-0.3, -0.25) is 28.9 Å². The maximum Gasteiger partial charge on any atom is 0.363 e. The summed E-state index contributed by atoms with van der Waals surface area (Å²) in [6.45, 7) is -0.288. The Morgan fingerprint density at radius 3 is 2.03 bits per heavy atom. The number of amides is 4. The van der Waals surface area contributed by atoms with E-state index in [1.54, 1.807) is 24.3 Å². The molecule has 1 atom stereocenters. The molecule has 1 fully saturated rings. The predicted octanol–water partition coefficient (Wildman–Crippen LogP) is 7.39. The highest BCUT2D eigenvalue weighted by Gasteiger charge is 2.35. The number of imide groups is 1. The van der Waals surface area contributed by atoms with E-state index in [2.05, 4.69) is 10.6 Å². The molecule has 1 unspecified atom stereocenters. The highest BCUT2D eigenvalue weighted by atomic mass is 16.7. The zero-order chi connectivity index (χ0) is 55.3. The van der Waals surface area contributed by atoms with Crippen LogP contribution in [0.5, 0.6) is 11.5 Å². The van der Waals surface area contributed by atoms with E-state index in [1.165, 1.54) is 60.7 Å². The van der Waals surface area contributed by atoms with Crippen molar-refractivity contribution in [2.75, 3.05) is 33.1 Å². The van der Waals surface area contributed by atoms with Gasteiger partial charge >= 0.3 is 17.9 Å². The first-order chi connectivity index (χ1) is 37.3. The zero-order valence-electron chi connectivity index (χ0n) is 42.2. The lowest BCUT2D eigenvalue weighted by atomic mass is 9.84. The Bertz CT molecular complexity index is 3850. The first-order valence-electron chi connectivity index (χ1n) is 24.4. The number of benzene rings is 6. The van der Waals surface area contributed by atoms with Crippen molar-refractivity contribution >= 4 is 63.8 Å². The van der Waals surface area contributed by atoms with Gasteiger partial charge in [0.15, 0.2) is 5.43 Å². The van der Waals surface area contributed by atoms with Crippen LogP contribution in [0.15, 0.2) is 148 Å². The summed E-state index contributed by atoms with van der Waals surface area (Å²) in [5.41, 5.74) is 3.79. The average molecular weight is 1050 g/mol. The Morgan fingerprint density at radius 2 is 1.32 bits per heavy atom. The number of carboxylic acid groups (broad SMARTS) is 2. The zero-order valence-corrected chi connectivity index (χ0v) is 42.2. The number of aromatic hydroxyl groups is 1. The second-order valence-corrected chi connectivity index (χ2v) is 19.0. The number of hydroxylamine groups is 2. The van der Waals surface area contributed by atoms with Gasteiger partial charge in [0.25, 0.3) is 23.6 Å². The molecule has 1 saturated heterocycles. The Hall–Kier alpha value is -10.1. The van der Waals surface area contributed by atoms with Crippen LogP contribution in [-0.2, 0) is 27.5 Å². The number of ether oxygens (including phenoxy) is 1. The fourth-order valence-corrected chi connectivity index (χ4v) is 9.54. The van der Waals surface area contributed by atoms with E-state index >= 15 is 0 Å². The number of nitrogens with one attached hydrogen (secondary N) is 2. The topological polar surface area (TPSA) is 263 Å². The molecular formula is C59H47N5O14. The van der Waals surface area contributed by atoms with Crippen LogP contribution in [0, 0.1) is 0 Å². The molecule has 0 radical (unpaired) electrons. The third-order valence-electron chi connectivity index (χ3n) is 13.6. The van der Waals surface area contributed by atoms with Crippen LogP contribution in [0.3, 0.4) is 0 Å². The fraction of sp³-hybridized carbons (Fsp3) is 0.153. The first-order valence-corrected chi connectivity index (χ1v) is 24.4. The third kappa shape index (κ3) is 9.72. The van der Waals surface area contributed by atoms with Crippen LogP contribution in [0.1, 0.15) is 86.9 Å². The highest BCUT2D eigenvalue weighted by Crippen LogP contribution is 2.47. The van der Waals surface area contributed by atoms with E-state index in [0.29, 0.717) is 50.0 Å². The van der Waals surface area contributed by atoms with E-state index in [1.807, 2.05) is 74.4 Å². The summed E-state index contributed by atoms with van der Waals surface area (Å²) in [6, 6.07) is 26.8. The number of aromatic carboxylic acids is 2. The lowest BCUT2D eigenvalue weighted by Crippen LogP contribution is -2.32. The molecule has 5 aromatic carbocycles. The standard InChI is InChI=1S/C59H47N5O14/c1-62(2)34-11-16-39-47(25-34)76-48-26-35(63(3)4)12-17-40(48)52(39)37-14-9-32(23-43(37)57(71)72)56(70)60-28-30-5-7-31(8-6-30)55(69)61-29-45-46(66)20-19-42-53(41-18-13-36(65)27-49(41)77-54(42)45)38-15-10-33(24-44(38)58(73)74)59(75)78-64-50(67)21-22-51(64)68/h5-20,23-27,34,66H,21-22,28-29H2,1-4H3,(H,60,70)(H,61,69)(H,71,72)(H,73,74). The molecule has 3 aliphatic heterocycles. The van der Waals surface area contributed by atoms with E-state index in [-0.39, 0.29) is 93.4 Å². The molecule has 0 spiro atoms. The summed E-state index contributed by atoms with van der Waals surface area (Å²) in [7, 11) is 7.73. The van der Waals surface area contributed by atoms with Gasteiger partial charge in [0.2, 0.25) is 0 Å². The quantitative estimate of drug-likeness (QED) is 0.0525. The molecule has 78 heavy (non-hydrogen) atoms. The number of hydrogen-bond acceptors (Lipinski definition) is 14. The van der Waals surface area contributed by atoms with Gasteiger partial charge in [-0.05, 0) is 110 Å². The van der Waals surface area contributed by atoms with E-state index < -0.39 is 52.5 Å². The van der Waals surface area contributed by atoms with E-state index in [4.69, 9.17) is 14.0 Å². The van der Waals surface area contributed by atoms with E-state index in [0.717, 1.165) is 11.8 Å². The Morgan fingerprint density at radius 1 is 0.692 bits per heavy atom. The summed E-state index contributed by atoms with van der Waals surface area (Å²) in [6.07, 6.45) is 5.62. The molecule has 5 N–H and O–H groups in total. The van der Waals surface area contributed by atoms with E-state index in [9.17, 15) is 53.7 Å². The van der Waals surface area contributed by atoms with Gasteiger partial charge in [0, 0.05) is 102 Å². The van der Waals surface area contributed by atoms with Gasteiger partial charge < -0.3 is 44.8 Å². The van der Waals surface area contributed by atoms with Gasteiger partial charge in [0.1, 0.15) is 28.6 Å². The maximum absolute atomic E-state index is 13.6. The number of nitrogens with zero attached hydrogens (tertiary/aromatic N) is 3. The molecule has 19 nitrogen and oxygen atoms in total. The molecular weight excluding hydrogens is 1000 g/mol. The molecule has 19 heteroatoms. The summed E-state index contributed by atoms with van der Waals surface area (Å²) >= 11 is 0. The summed E-state index contributed by atoms with van der Waals surface area (Å²) < 4.78 is 12.6. The number of likely N-dealkylation sites (N-methyl/N-ethyl adjacent to an activating group) is 1. The molecule has 392 valence electrons. The number of rotatable bonds is 14. The predicted molar refractivity (Wildman–Crippen MR) is 284 cm³/mol. The van der Waals surface area contributed by atoms with Gasteiger partial charge in [-0.2, -0.15) is 0 Å². The molecule has 5 aliphatic rings. The van der Waals surface area contributed by atoms with Crippen molar-refractivity contribution in [2.45, 2.75) is 32.0 Å². The van der Waals surface area contributed by atoms with Crippen molar-refractivity contribution < 1.29 is 62.9 Å². The summed E-state index contributed by atoms with van der Waals surface area (Å²) in [4.78, 5) is 112. The van der Waals surface area contributed by atoms with Crippen molar-refractivity contribution in [3.63, 3.8) is 0 Å². The number of carboxylic acids is 2. The lowest BCUT2D eigenvalue weighted by molar-refractivity contribution is -0.172. The second kappa shape index (κ2) is 20.5. The third-order valence-corrected chi connectivity index (χ3v) is 13.6. The minimum atomic E-state index is -1.46. The normalized spacial score (nSPS) is 14.7. The number of hydrogen-bond donors (Lipinski definition) is 5. The number of anilines is 1. The Kier molecular flexibility index (Phi) is 13.5. The lowest BCUT2D eigenvalue weighted by Gasteiger charge is -2.31. The van der Waals surface area contributed by atoms with Gasteiger partial charge in [0.05, 0.1) is 28.8 Å². The van der Waals surface area contributed by atoms with Crippen LogP contribution >= 0.6 is 0 Å². The average Bonchev–Trinajstić information content (AvgIpc) is 3.92. The molecule has 2 aliphatic carbocycles. The van der Waals surface area contributed by atoms with Crippen molar-refractivity contribution in [1.29, 1.82) is 0 Å². The number of phenolic OH excluding ortho intramolecular Hbond substituents is 1. The van der Waals surface area contributed by atoms with Crippen LogP contribution in [0.4, 0.5) is 5.69 Å². The van der Waals surface area contributed by atoms with Gasteiger partial charge in [-0.25, -0.2) is 14.4 Å². The fourth-order valence-electron chi connectivity index (χ4n) is 9.54. The molecule has 0 saturated carbocycles. The van der Waals surface area contributed by atoms with Crippen LogP contribution in [0.25, 0.3) is 39.0 Å². The first kappa shape index (κ1) is 51.4. The number of allylic oxidation sites excluding steroid dienone is 1. The molecule has 4 amide bonds. The van der Waals surface area contributed by atoms with Gasteiger partial charge in [-0.1, -0.05) is 36.4 Å². The smallest absolute Gasteiger partial charge is 0.363 e. The van der Waals surface area contributed by atoms with Gasteiger partial charge in [-0.15, -0.1) is 5.06 Å². The van der Waals surface area contributed by atoms with Crippen molar-refractivity contribution in [3.05, 3.63) is 199 Å². The van der Waals surface area contributed by atoms with Crippen molar-refractivity contribution in [1.82, 2.24) is 20.6 Å². The minimum Gasteiger partial charge on any atom is -0.507 e. The largest absolute Gasteiger partial charge is 0.507 e. The number of carbonyl (C=O) groups excluding carboxylic acids is 5. The minimum absolute atomic E-state index is 0.00160. The SMILES string of the molecule is CN(C)c1ccc2c(c1)OC1=CC(N(C)C)C=CC1=C2c1ccc(C(=O)NCc2ccc(C(=O)NCc3c(O)ccc4c(-c5ccc(C(=O)ON6C(=O)CCC6=O)cc5C(=O)O)c5ccc(=O)cc-5oc34)cc2)cc1C(=O)O.